The minimum atomic E-state index is -3.58. The summed E-state index contributed by atoms with van der Waals surface area (Å²) in [5.41, 5.74) is 0.979. The van der Waals surface area contributed by atoms with Gasteiger partial charge in [0, 0.05) is 32.8 Å². The Bertz CT molecular complexity index is 779. The van der Waals surface area contributed by atoms with Gasteiger partial charge in [-0.3, -0.25) is 0 Å². The number of benzene rings is 1. The van der Waals surface area contributed by atoms with E-state index in [9.17, 15) is 16.8 Å². The number of hydrogen-bond acceptors (Lipinski definition) is 5. The lowest BCUT2D eigenvalue weighted by atomic mass is 10.2. The molecule has 0 aromatic heterocycles. The summed E-state index contributed by atoms with van der Waals surface area (Å²) in [5, 5.41) is 0. The summed E-state index contributed by atoms with van der Waals surface area (Å²) in [6.45, 7) is 3.04. The summed E-state index contributed by atoms with van der Waals surface area (Å²) in [6, 6.07) is 6.41. The molecule has 2 rings (SSSR count). The average Bonchev–Trinajstić information content (AvgIpc) is 3.04. The molecule has 148 valence electrons. The molecule has 2 N–H and O–H groups in total. The van der Waals surface area contributed by atoms with Gasteiger partial charge in [0.05, 0.1) is 11.5 Å². The molecule has 1 fully saturated rings. The summed E-state index contributed by atoms with van der Waals surface area (Å²) in [6.07, 6.45) is 1.95. The van der Waals surface area contributed by atoms with E-state index < -0.39 is 20.2 Å². The molecule has 0 radical (unpaired) electrons. The van der Waals surface area contributed by atoms with E-state index in [-0.39, 0.29) is 24.0 Å². The van der Waals surface area contributed by atoms with Crippen molar-refractivity contribution in [1.29, 1.82) is 0 Å². The molecule has 1 aromatic carbocycles. The number of nitrogens with one attached hydrogen (secondary N) is 2. The molecule has 0 unspecified atom stereocenters. The van der Waals surface area contributed by atoms with Gasteiger partial charge >= 0.3 is 0 Å². The Morgan fingerprint density at radius 3 is 2.42 bits per heavy atom. The van der Waals surface area contributed by atoms with Crippen molar-refractivity contribution in [1.82, 2.24) is 13.7 Å². The molecule has 1 aliphatic rings. The van der Waals surface area contributed by atoms with Crippen LogP contribution in [0.5, 0.6) is 0 Å². The third-order valence-electron chi connectivity index (χ3n) is 4.25. The fourth-order valence-corrected chi connectivity index (χ4v) is 5.43. The van der Waals surface area contributed by atoms with Gasteiger partial charge in [-0.25, -0.2) is 17.9 Å². The van der Waals surface area contributed by atoms with Crippen LogP contribution < -0.4 is 9.44 Å². The molecule has 0 bridgehead atoms. The predicted octanol–water partition coefficient (Wildman–Crippen LogP) is 0.609. The SMILES string of the molecule is COC[C@@H]1CCCN1S(=O)(=O)NCCCNS(=O)(=O)c1ccc(C)cc1. The molecule has 10 heteroatoms. The van der Waals surface area contributed by atoms with Crippen molar-refractivity contribution in [2.24, 2.45) is 0 Å². The Balaban J connectivity index is 1.78. The molecule has 1 saturated heterocycles. The first kappa shape index (κ1) is 21.3. The zero-order chi connectivity index (χ0) is 19.2. The highest BCUT2D eigenvalue weighted by Gasteiger charge is 2.33. The fraction of sp³-hybridized carbons (Fsp3) is 0.625. The summed E-state index contributed by atoms with van der Waals surface area (Å²) in [5.74, 6) is 0. The van der Waals surface area contributed by atoms with E-state index in [0.717, 1.165) is 18.4 Å². The Morgan fingerprint density at radius 2 is 1.77 bits per heavy atom. The molecule has 0 amide bonds. The third-order valence-corrected chi connectivity index (χ3v) is 7.40. The molecule has 0 spiro atoms. The second kappa shape index (κ2) is 9.25. The van der Waals surface area contributed by atoms with Gasteiger partial charge < -0.3 is 4.74 Å². The fourth-order valence-electron chi connectivity index (χ4n) is 2.86. The van der Waals surface area contributed by atoms with Gasteiger partial charge in [0.15, 0.2) is 0 Å². The topological polar surface area (TPSA) is 105 Å². The van der Waals surface area contributed by atoms with Crippen LogP contribution in [0.1, 0.15) is 24.8 Å². The number of sulfonamides is 1. The maximum Gasteiger partial charge on any atom is 0.279 e. The quantitative estimate of drug-likeness (QED) is 0.555. The van der Waals surface area contributed by atoms with Crippen LogP contribution in [0, 0.1) is 6.92 Å². The molecule has 8 nitrogen and oxygen atoms in total. The van der Waals surface area contributed by atoms with E-state index in [1.54, 1.807) is 31.4 Å². The van der Waals surface area contributed by atoms with Crippen LogP contribution in [0.2, 0.25) is 0 Å². The third kappa shape index (κ3) is 5.73. The first-order chi connectivity index (χ1) is 12.3. The standard InChI is InChI=1S/C16H27N3O5S2/c1-14-6-8-16(9-7-14)25(20,21)17-10-4-11-18-26(22,23)19-12-3-5-15(19)13-24-2/h6-9,15,17-18H,3-5,10-13H2,1-2H3/t15-/m0/s1. The van der Waals surface area contributed by atoms with Crippen LogP contribution >= 0.6 is 0 Å². The minimum Gasteiger partial charge on any atom is -0.383 e. The molecule has 1 aromatic rings. The highest BCUT2D eigenvalue weighted by molar-refractivity contribution is 7.89. The molecule has 0 saturated carbocycles. The summed E-state index contributed by atoms with van der Waals surface area (Å²) >= 11 is 0. The lowest BCUT2D eigenvalue weighted by Crippen LogP contribution is -2.45. The molecule has 1 atom stereocenters. The molecule has 1 aliphatic heterocycles. The van der Waals surface area contributed by atoms with Crippen molar-refractivity contribution >= 4 is 20.2 Å². The van der Waals surface area contributed by atoms with Gasteiger partial charge in [0.1, 0.15) is 0 Å². The number of rotatable bonds is 10. The van der Waals surface area contributed by atoms with Gasteiger partial charge in [-0.05, 0) is 38.3 Å². The van der Waals surface area contributed by atoms with Gasteiger partial charge in [0.25, 0.3) is 10.2 Å². The second-order valence-corrected chi connectivity index (χ2v) is 9.80. The molecule has 0 aliphatic carbocycles. The lowest BCUT2D eigenvalue weighted by Gasteiger charge is -2.23. The van der Waals surface area contributed by atoms with Crippen molar-refractivity contribution in [3.63, 3.8) is 0 Å². The van der Waals surface area contributed by atoms with Gasteiger partial charge in [-0.1, -0.05) is 17.7 Å². The van der Waals surface area contributed by atoms with Gasteiger partial charge in [-0.15, -0.1) is 0 Å². The van der Waals surface area contributed by atoms with Crippen LogP contribution in [0.3, 0.4) is 0 Å². The monoisotopic (exact) mass is 405 g/mol. The van der Waals surface area contributed by atoms with Crippen molar-refractivity contribution in [2.75, 3.05) is 33.4 Å². The minimum absolute atomic E-state index is 0.141. The van der Waals surface area contributed by atoms with Crippen molar-refractivity contribution in [2.45, 2.75) is 37.1 Å². The Morgan fingerprint density at radius 1 is 1.12 bits per heavy atom. The molecule has 1 heterocycles. The zero-order valence-electron chi connectivity index (χ0n) is 15.1. The number of methoxy groups -OCH3 is 1. The van der Waals surface area contributed by atoms with Gasteiger partial charge in [0.2, 0.25) is 10.0 Å². The Kier molecular flexibility index (Phi) is 7.56. The molecular formula is C16H27N3O5S2. The van der Waals surface area contributed by atoms with Crippen molar-refractivity contribution in [3.8, 4) is 0 Å². The van der Waals surface area contributed by atoms with Crippen molar-refractivity contribution < 1.29 is 21.6 Å². The average molecular weight is 406 g/mol. The number of aryl methyl sites for hydroxylation is 1. The predicted molar refractivity (Wildman–Crippen MR) is 99.5 cm³/mol. The Labute approximate surface area is 156 Å². The number of ether oxygens (including phenoxy) is 1. The van der Waals surface area contributed by atoms with Crippen LogP contribution in [-0.2, 0) is 25.0 Å². The van der Waals surface area contributed by atoms with Crippen LogP contribution in [0.15, 0.2) is 29.2 Å². The highest BCUT2D eigenvalue weighted by atomic mass is 32.2. The second-order valence-electron chi connectivity index (χ2n) is 6.33. The first-order valence-corrected chi connectivity index (χ1v) is 11.5. The normalized spacial score (nSPS) is 19.1. The number of nitrogens with zero attached hydrogens (tertiary/aromatic N) is 1. The summed E-state index contributed by atoms with van der Waals surface area (Å²) in [7, 11) is -5.60. The van der Waals surface area contributed by atoms with Crippen LogP contribution in [0.25, 0.3) is 0 Å². The van der Waals surface area contributed by atoms with Gasteiger partial charge in [-0.2, -0.15) is 12.7 Å². The van der Waals surface area contributed by atoms with E-state index >= 15 is 0 Å². The highest BCUT2D eigenvalue weighted by Crippen LogP contribution is 2.20. The Hall–Kier alpha value is -1.04. The van der Waals surface area contributed by atoms with E-state index in [2.05, 4.69) is 9.44 Å². The van der Waals surface area contributed by atoms with E-state index in [1.165, 1.54) is 4.31 Å². The summed E-state index contributed by atoms with van der Waals surface area (Å²) < 4.78 is 60.5. The van der Waals surface area contributed by atoms with E-state index in [1.807, 2.05) is 6.92 Å². The maximum atomic E-state index is 12.4. The lowest BCUT2D eigenvalue weighted by molar-refractivity contribution is 0.148. The summed E-state index contributed by atoms with van der Waals surface area (Å²) in [4.78, 5) is 0.197. The zero-order valence-corrected chi connectivity index (χ0v) is 16.8. The number of hydrogen-bond donors (Lipinski definition) is 2. The van der Waals surface area contributed by atoms with Crippen LogP contribution in [-0.4, -0.2) is 60.5 Å². The molecule has 26 heavy (non-hydrogen) atoms. The first-order valence-electron chi connectivity index (χ1n) is 8.58. The van der Waals surface area contributed by atoms with Crippen LogP contribution in [0.4, 0.5) is 0 Å². The smallest absolute Gasteiger partial charge is 0.279 e. The van der Waals surface area contributed by atoms with E-state index in [0.29, 0.717) is 19.6 Å². The van der Waals surface area contributed by atoms with E-state index in [4.69, 9.17) is 4.74 Å². The van der Waals surface area contributed by atoms with Crippen molar-refractivity contribution in [3.05, 3.63) is 29.8 Å². The maximum absolute atomic E-state index is 12.4. The molecular weight excluding hydrogens is 378 g/mol. The largest absolute Gasteiger partial charge is 0.383 e.